The van der Waals surface area contributed by atoms with E-state index in [0.717, 1.165) is 32.1 Å². The Morgan fingerprint density at radius 3 is 2.85 bits per heavy atom. The average Bonchev–Trinajstić information content (AvgIpc) is 2.76. The van der Waals surface area contributed by atoms with Gasteiger partial charge in [-0.1, -0.05) is 0 Å². The van der Waals surface area contributed by atoms with Crippen molar-refractivity contribution in [3.63, 3.8) is 0 Å². The molecule has 4 atom stereocenters. The lowest BCUT2D eigenvalue weighted by atomic mass is 9.75. The van der Waals surface area contributed by atoms with Crippen LogP contribution in [0.2, 0.25) is 0 Å². The summed E-state index contributed by atoms with van der Waals surface area (Å²) in [5.41, 5.74) is -0.455. The van der Waals surface area contributed by atoms with Crippen molar-refractivity contribution in [2.75, 3.05) is 0 Å². The van der Waals surface area contributed by atoms with Gasteiger partial charge >= 0.3 is 0 Å². The first-order valence-corrected chi connectivity index (χ1v) is 5.39. The molecule has 0 amide bonds. The van der Waals surface area contributed by atoms with E-state index in [2.05, 4.69) is 0 Å². The Morgan fingerprint density at radius 1 is 1.31 bits per heavy atom. The Labute approximate surface area is 77.7 Å². The molecule has 0 heterocycles. The third kappa shape index (κ3) is 0.720. The van der Waals surface area contributed by atoms with E-state index in [1.54, 1.807) is 0 Å². The summed E-state index contributed by atoms with van der Waals surface area (Å²) in [5.74, 6) is 1.58. The number of fused-ring (bicyclic) bond motifs is 5. The van der Waals surface area contributed by atoms with Gasteiger partial charge in [-0.25, -0.2) is 0 Å². The number of hydrogen-bond donors (Lipinski definition) is 0. The first-order chi connectivity index (χ1) is 6.25. The van der Waals surface area contributed by atoms with Gasteiger partial charge in [0.2, 0.25) is 5.54 Å². The predicted octanol–water partition coefficient (Wildman–Crippen LogP) is 2.23. The summed E-state index contributed by atoms with van der Waals surface area (Å²) in [6.45, 7) is 0. The normalized spacial score (nSPS) is 52.5. The molecule has 3 nitrogen and oxygen atoms in total. The van der Waals surface area contributed by atoms with E-state index in [1.807, 2.05) is 0 Å². The highest BCUT2D eigenvalue weighted by molar-refractivity contribution is 5.10. The second kappa shape index (κ2) is 2.25. The highest BCUT2D eigenvalue weighted by atomic mass is 16.6. The fraction of sp³-hybridized carbons (Fsp3) is 1.00. The lowest BCUT2D eigenvalue weighted by Gasteiger charge is -2.30. The van der Waals surface area contributed by atoms with Crippen molar-refractivity contribution in [1.29, 1.82) is 0 Å². The molecule has 3 saturated carbocycles. The van der Waals surface area contributed by atoms with Crippen molar-refractivity contribution in [3.05, 3.63) is 10.1 Å². The molecule has 72 valence electrons. The van der Waals surface area contributed by atoms with Gasteiger partial charge in [0.05, 0.1) is 0 Å². The van der Waals surface area contributed by atoms with Gasteiger partial charge in [0, 0.05) is 23.2 Å². The van der Waals surface area contributed by atoms with Gasteiger partial charge < -0.3 is 0 Å². The van der Waals surface area contributed by atoms with Crippen LogP contribution in [0.15, 0.2) is 0 Å². The van der Waals surface area contributed by atoms with Crippen molar-refractivity contribution >= 4 is 0 Å². The molecule has 0 radical (unpaired) electrons. The summed E-state index contributed by atoms with van der Waals surface area (Å²) in [6.07, 6.45) is 6.64. The Hall–Kier alpha value is -0.600. The van der Waals surface area contributed by atoms with Crippen molar-refractivity contribution in [2.45, 2.75) is 44.1 Å². The molecule has 4 unspecified atom stereocenters. The van der Waals surface area contributed by atoms with E-state index >= 15 is 0 Å². The molecule has 3 aliphatic carbocycles. The van der Waals surface area contributed by atoms with Gasteiger partial charge in [0.1, 0.15) is 0 Å². The maximum absolute atomic E-state index is 11.2. The van der Waals surface area contributed by atoms with Gasteiger partial charge in [-0.2, -0.15) is 0 Å². The molecule has 3 aliphatic rings. The third-order valence-electron chi connectivity index (χ3n) is 4.82. The zero-order valence-corrected chi connectivity index (χ0v) is 7.74. The number of hydrogen-bond acceptors (Lipinski definition) is 2. The monoisotopic (exact) mass is 181 g/mol. The lowest BCUT2D eigenvalue weighted by molar-refractivity contribution is -0.586. The van der Waals surface area contributed by atoms with Crippen molar-refractivity contribution in [2.24, 2.45) is 17.8 Å². The number of rotatable bonds is 1. The van der Waals surface area contributed by atoms with E-state index in [-0.39, 0.29) is 4.92 Å². The van der Waals surface area contributed by atoms with Gasteiger partial charge in [-0.05, 0) is 38.0 Å². The molecule has 0 N–H and O–H groups in total. The second-order valence-electron chi connectivity index (χ2n) is 5.02. The van der Waals surface area contributed by atoms with Gasteiger partial charge in [-0.15, -0.1) is 0 Å². The van der Waals surface area contributed by atoms with Crippen LogP contribution in [0.25, 0.3) is 0 Å². The van der Waals surface area contributed by atoms with E-state index in [1.165, 1.54) is 6.42 Å². The summed E-state index contributed by atoms with van der Waals surface area (Å²) in [6, 6.07) is 0. The average molecular weight is 181 g/mol. The third-order valence-corrected chi connectivity index (χ3v) is 4.82. The predicted molar refractivity (Wildman–Crippen MR) is 47.9 cm³/mol. The highest BCUT2D eigenvalue weighted by Crippen LogP contribution is 2.62. The van der Waals surface area contributed by atoms with Crippen LogP contribution >= 0.6 is 0 Å². The maximum atomic E-state index is 11.2. The van der Waals surface area contributed by atoms with Crippen LogP contribution in [0.1, 0.15) is 38.5 Å². The summed E-state index contributed by atoms with van der Waals surface area (Å²) in [7, 11) is 0. The Kier molecular flexibility index (Phi) is 1.35. The largest absolute Gasteiger partial charge is 0.264 e. The lowest BCUT2D eigenvalue weighted by Crippen LogP contribution is -2.46. The molecule has 0 spiro atoms. The zero-order valence-electron chi connectivity index (χ0n) is 7.74. The molecule has 3 heteroatoms. The molecule has 13 heavy (non-hydrogen) atoms. The summed E-state index contributed by atoms with van der Waals surface area (Å²) < 4.78 is 0. The molecule has 0 aromatic rings. The van der Waals surface area contributed by atoms with Crippen LogP contribution in [-0.4, -0.2) is 10.5 Å². The Bertz CT molecular complexity index is 266. The molecule has 0 aromatic carbocycles. The molecule has 3 fully saturated rings. The summed E-state index contributed by atoms with van der Waals surface area (Å²) in [4.78, 5) is 11.3. The van der Waals surface area contributed by atoms with Crippen molar-refractivity contribution in [1.82, 2.24) is 0 Å². The van der Waals surface area contributed by atoms with Crippen LogP contribution < -0.4 is 0 Å². The van der Waals surface area contributed by atoms with Crippen LogP contribution in [0, 0.1) is 27.9 Å². The second-order valence-corrected chi connectivity index (χ2v) is 5.02. The van der Waals surface area contributed by atoms with Crippen LogP contribution in [0.4, 0.5) is 0 Å². The van der Waals surface area contributed by atoms with Gasteiger partial charge in [0.15, 0.2) is 0 Å². The first-order valence-electron chi connectivity index (χ1n) is 5.39. The number of nitrogens with zero attached hydrogens (tertiary/aromatic N) is 1. The van der Waals surface area contributed by atoms with E-state index in [9.17, 15) is 10.1 Å². The highest BCUT2D eigenvalue weighted by Gasteiger charge is 2.68. The summed E-state index contributed by atoms with van der Waals surface area (Å²) in [5, 5.41) is 11.2. The fourth-order valence-electron chi connectivity index (χ4n) is 4.40. The van der Waals surface area contributed by atoms with E-state index in [4.69, 9.17) is 0 Å². The molecule has 0 saturated heterocycles. The number of nitro groups is 1. The van der Waals surface area contributed by atoms with E-state index in [0.29, 0.717) is 17.8 Å². The maximum Gasteiger partial charge on any atom is 0.228 e. The van der Waals surface area contributed by atoms with Gasteiger partial charge in [0.25, 0.3) is 0 Å². The topological polar surface area (TPSA) is 43.1 Å². The quantitative estimate of drug-likeness (QED) is 0.460. The molecule has 3 rings (SSSR count). The summed E-state index contributed by atoms with van der Waals surface area (Å²) >= 11 is 0. The minimum absolute atomic E-state index is 0.0779. The van der Waals surface area contributed by atoms with Crippen LogP contribution in [0.3, 0.4) is 0 Å². The smallest absolute Gasteiger partial charge is 0.228 e. The van der Waals surface area contributed by atoms with Crippen LogP contribution in [-0.2, 0) is 0 Å². The van der Waals surface area contributed by atoms with Crippen molar-refractivity contribution < 1.29 is 4.92 Å². The van der Waals surface area contributed by atoms with E-state index < -0.39 is 5.54 Å². The van der Waals surface area contributed by atoms with Gasteiger partial charge in [-0.3, -0.25) is 10.1 Å². The Balaban J connectivity index is 2.04. The molecular formula is C10H15NO2. The van der Waals surface area contributed by atoms with Crippen molar-refractivity contribution in [3.8, 4) is 0 Å². The fourth-order valence-corrected chi connectivity index (χ4v) is 4.40. The molecule has 2 bridgehead atoms. The Morgan fingerprint density at radius 2 is 2.15 bits per heavy atom. The zero-order chi connectivity index (χ0) is 9.05. The molecule has 0 aromatic heterocycles. The molecular weight excluding hydrogens is 166 g/mol. The minimum atomic E-state index is -0.455. The molecule has 0 aliphatic heterocycles. The SMILES string of the molecule is O=[N+]([O-])C12CCCC1C1CCC2C1. The van der Waals surface area contributed by atoms with Crippen LogP contribution in [0.5, 0.6) is 0 Å². The standard InChI is InChI=1S/C10H15NO2/c12-11(13)10-5-1-2-9(10)7-3-4-8(10)6-7/h7-9H,1-6H2. The minimum Gasteiger partial charge on any atom is -0.264 e. The first kappa shape index (κ1) is 7.77.